The Labute approximate surface area is 180 Å². The van der Waals surface area contributed by atoms with Gasteiger partial charge in [-0.3, -0.25) is 4.79 Å². The molecule has 160 valence electrons. The molecule has 0 radical (unpaired) electrons. The zero-order chi connectivity index (χ0) is 21.8. The second kappa shape index (κ2) is 9.05. The Morgan fingerprint density at radius 1 is 1.13 bits per heavy atom. The van der Waals surface area contributed by atoms with E-state index in [0.29, 0.717) is 17.6 Å². The Morgan fingerprint density at radius 2 is 1.90 bits per heavy atom. The summed E-state index contributed by atoms with van der Waals surface area (Å²) >= 11 is 0. The zero-order valence-corrected chi connectivity index (χ0v) is 17.4. The maximum atomic E-state index is 11.9. The van der Waals surface area contributed by atoms with Gasteiger partial charge in [-0.2, -0.15) is 4.98 Å². The topological polar surface area (TPSA) is 145 Å². The molecule has 1 amide bonds. The van der Waals surface area contributed by atoms with Gasteiger partial charge >= 0.3 is 0 Å². The number of hydrogen-bond donors (Lipinski definition) is 4. The molecule has 0 bridgehead atoms. The van der Waals surface area contributed by atoms with Gasteiger partial charge in [-0.05, 0) is 43.5 Å². The van der Waals surface area contributed by atoms with Crippen LogP contribution in [0.2, 0.25) is 0 Å². The van der Waals surface area contributed by atoms with E-state index in [4.69, 9.17) is 11.5 Å². The molecule has 0 aliphatic heterocycles. The molecule has 4 rings (SSSR count). The number of anilines is 3. The maximum Gasteiger partial charge on any atom is 0.254 e. The summed E-state index contributed by atoms with van der Waals surface area (Å²) in [6.07, 6.45) is 9.01. The molecule has 1 aliphatic carbocycles. The van der Waals surface area contributed by atoms with Crippen molar-refractivity contribution in [2.45, 2.75) is 44.7 Å². The summed E-state index contributed by atoms with van der Waals surface area (Å²) in [7, 11) is 0. The minimum atomic E-state index is -0.609. The van der Waals surface area contributed by atoms with Gasteiger partial charge < -0.3 is 22.1 Å². The first-order valence-corrected chi connectivity index (χ1v) is 10.4. The van der Waals surface area contributed by atoms with Crippen LogP contribution in [-0.2, 0) is 0 Å². The summed E-state index contributed by atoms with van der Waals surface area (Å²) in [5, 5.41) is 6.51. The molecule has 2 aromatic heterocycles. The second-order valence-corrected chi connectivity index (χ2v) is 7.75. The first kappa shape index (κ1) is 20.7. The van der Waals surface area contributed by atoms with E-state index in [1.807, 2.05) is 25.1 Å². The highest BCUT2D eigenvalue weighted by atomic mass is 16.1. The number of carbonyl (C=O) groups excluding carboxylic acids is 1. The van der Waals surface area contributed by atoms with Crippen LogP contribution >= 0.6 is 0 Å². The minimum Gasteiger partial charge on any atom is -0.365 e. The minimum absolute atomic E-state index is 0.0510. The molecular formula is C22H26N8O. The van der Waals surface area contributed by atoms with Gasteiger partial charge in [-0.15, -0.1) is 0 Å². The van der Waals surface area contributed by atoms with E-state index in [1.165, 1.54) is 6.20 Å². The Balaban J connectivity index is 1.63. The van der Waals surface area contributed by atoms with Crippen LogP contribution in [0.4, 0.5) is 17.5 Å². The SMILES string of the molecule is Cc1ccc(Nc2nc(N[C@@H]3CCCC[C@@H]3N)ncc2C(N)=O)cc1-c1ncccn1. The molecule has 1 fully saturated rings. The number of rotatable bonds is 6. The molecule has 1 aliphatic rings. The Bertz CT molecular complexity index is 1070. The standard InChI is InChI=1S/C22H26N8O/c1-13-7-8-14(11-15(13)20-25-9-4-10-26-20)28-21-16(19(24)31)12-27-22(30-21)29-18-6-3-2-5-17(18)23/h4,7-12,17-18H,2-3,5-6,23H2,1H3,(H2,24,31)(H2,27,28,29,30)/t17-,18+/m0/s1. The van der Waals surface area contributed by atoms with Crippen molar-refractivity contribution in [2.75, 3.05) is 10.6 Å². The molecule has 1 saturated carbocycles. The van der Waals surface area contributed by atoms with E-state index >= 15 is 0 Å². The average Bonchev–Trinajstić information content (AvgIpc) is 2.77. The molecule has 0 saturated heterocycles. The average molecular weight is 419 g/mol. The van der Waals surface area contributed by atoms with Crippen molar-refractivity contribution in [1.82, 2.24) is 19.9 Å². The van der Waals surface area contributed by atoms with Crippen molar-refractivity contribution in [1.29, 1.82) is 0 Å². The van der Waals surface area contributed by atoms with Crippen LogP contribution < -0.4 is 22.1 Å². The van der Waals surface area contributed by atoms with Gasteiger partial charge in [-0.1, -0.05) is 18.9 Å². The molecule has 31 heavy (non-hydrogen) atoms. The van der Waals surface area contributed by atoms with Gasteiger partial charge in [0.2, 0.25) is 5.95 Å². The monoisotopic (exact) mass is 418 g/mol. The van der Waals surface area contributed by atoms with Gasteiger partial charge in [0.1, 0.15) is 11.4 Å². The van der Waals surface area contributed by atoms with Crippen molar-refractivity contribution >= 4 is 23.4 Å². The molecule has 2 atom stereocenters. The molecule has 6 N–H and O–H groups in total. The lowest BCUT2D eigenvalue weighted by Crippen LogP contribution is -2.43. The predicted octanol–water partition coefficient (Wildman–Crippen LogP) is 2.77. The van der Waals surface area contributed by atoms with E-state index in [9.17, 15) is 4.79 Å². The summed E-state index contributed by atoms with van der Waals surface area (Å²) in [5.74, 6) is 0.754. The number of benzene rings is 1. The molecule has 9 nitrogen and oxygen atoms in total. The fraction of sp³-hybridized carbons (Fsp3) is 0.318. The molecule has 2 heterocycles. The van der Waals surface area contributed by atoms with Gasteiger partial charge in [-0.25, -0.2) is 15.0 Å². The summed E-state index contributed by atoms with van der Waals surface area (Å²) in [6.45, 7) is 1.99. The molecule has 0 unspecified atom stereocenters. The van der Waals surface area contributed by atoms with Crippen LogP contribution in [0, 0.1) is 6.92 Å². The number of amides is 1. The van der Waals surface area contributed by atoms with E-state index < -0.39 is 5.91 Å². The third kappa shape index (κ3) is 4.77. The highest BCUT2D eigenvalue weighted by molar-refractivity contribution is 5.98. The van der Waals surface area contributed by atoms with Crippen LogP contribution in [0.3, 0.4) is 0 Å². The third-order valence-electron chi connectivity index (χ3n) is 5.50. The van der Waals surface area contributed by atoms with Crippen molar-refractivity contribution < 1.29 is 4.79 Å². The van der Waals surface area contributed by atoms with Crippen LogP contribution in [-0.4, -0.2) is 37.9 Å². The van der Waals surface area contributed by atoms with E-state index in [2.05, 4.69) is 30.6 Å². The number of aryl methyl sites for hydroxylation is 1. The Kier molecular flexibility index (Phi) is 6.03. The lowest BCUT2D eigenvalue weighted by molar-refractivity contribution is 0.100. The maximum absolute atomic E-state index is 11.9. The van der Waals surface area contributed by atoms with Crippen molar-refractivity contribution in [3.63, 3.8) is 0 Å². The fourth-order valence-electron chi connectivity index (χ4n) is 3.75. The molecular weight excluding hydrogens is 392 g/mol. The molecule has 9 heteroatoms. The van der Waals surface area contributed by atoms with E-state index in [0.717, 1.165) is 42.5 Å². The number of aromatic nitrogens is 4. The van der Waals surface area contributed by atoms with Gasteiger partial charge in [0.25, 0.3) is 5.91 Å². The first-order chi connectivity index (χ1) is 15.0. The van der Waals surface area contributed by atoms with Gasteiger partial charge in [0.15, 0.2) is 5.82 Å². The lowest BCUT2D eigenvalue weighted by atomic mass is 9.91. The second-order valence-electron chi connectivity index (χ2n) is 7.75. The molecule has 0 spiro atoms. The highest BCUT2D eigenvalue weighted by Crippen LogP contribution is 2.27. The van der Waals surface area contributed by atoms with E-state index in [-0.39, 0.29) is 17.6 Å². The van der Waals surface area contributed by atoms with Crippen molar-refractivity contribution in [3.05, 3.63) is 54.0 Å². The van der Waals surface area contributed by atoms with Crippen LogP contribution in [0.15, 0.2) is 42.9 Å². The van der Waals surface area contributed by atoms with E-state index in [1.54, 1.807) is 18.5 Å². The molecule has 1 aromatic carbocycles. The Hall–Kier alpha value is -3.59. The Morgan fingerprint density at radius 3 is 2.65 bits per heavy atom. The number of primary amides is 1. The quantitative estimate of drug-likeness (QED) is 0.478. The van der Waals surface area contributed by atoms with Crippen molar-refractivity contribution in [2.24, 2.45) is 11.5 Å². The van der Waals surface area contributed by atoms with Crippen molar-refractivity contribution in [3.8, 4) is 11.4 Å². The molecule has 3 aromatic rings. The predicted molar refractivity (Wildman–Crippen MR) is 120 cm³/mol. The van der Waals surface area contributed by atoms with Crippen LogP contribution in [0.25, 0.3) is 11.4 Å². The summed E-state index contributed by atoms with van der Waals surface area (Å²) in [5.41, 5.74) is 14.6. The zero-order valence-electron chi connectivity index (χ0n) is 17.4. The van der Waals surface area contributed by atoms with Gasteiger partial charge in [0.05, 0.1) is 0 Å². The third-order valence-corrected chi connectivity index (χ3v) is 5.50. The summed E-state index contributed by atoms with van der Waals surface area (Å²) in [6, 6.07) is 7.70. The number of hydrogen-bond acceptors (Lipinski definition) is 8. The number of carbonyl (C=O) groups is 1. The number of nitrogens with one attached hydrogen (secondary N) is 2. The number of nitrogens with zero attached hydrogens (tertiary/aromatic N) is 4. The number of nitrogens with two attached hydrogens (primary N) is 2. The van der Waals surface area contributed by atoms with Crippen LogP contribution in [0.1, 0.15) is 41.6 Å². The van der Waals surface area contributed by atoms with Gasteiger partial charge in [0, 0.05) is 41.9 Å². The fourth-order valence-corrected chi connectivity index (χ4v) is 3.75. The largest absolute Gasteiger partial charge is 0.365 e. The smallest absolute Gasteiger partial charge is 0.254 e. The summed E-state index contributed by atoms with van der Waals surface area (Å²) in [4.78, 5) is 29.4. The normalized spacial score (nSPS) is 18.4. The van der Waals surface area contributed by atoms with Crippen LogP contribution in [0.5, 0.6) is 0 Å². The summed E-state index contributed by atoms with van der Waals surface area (Å²) < 4.78 is 0. The first-order valence-electron chi connectivity index (χ1n) is 10.4. The highest BCUT2D eigenvalue weighted by Gasteiger charge is 2.23. The lowest BCUT2D eigenvalue weighted by Gasteiger charge is -2.29.